The minimum atomic E-state index is -0.583. The highest BCUT2D eigenvalue weighted by atomic mass is 16.5. The predicted octanol–water partition coefficient (Wildman–Crippen LogP) is 1.23. The summed E-state index contributed by atoms with van der Waals surface area (Å²) in [7, 11) is 1.33. The van der Waals surface area contributed by atoms with Gasteiger partial charge in [-0.3, -0.25) is 9.69 Å². The molecule has 8 nitrogen and oxygen atoms in total. The van der Waals surface area contributed by atoms with Crippen LogP contribution < -0.4 is 16.4 Å². The number of primary amides is 1. The van der Waals surface area contributed by atoms with E-state index >= 15 is 0 Å². The van der Waals surface area contributed by atoms with Crippen molar-refractivity contribution in [3.8, 4) is 0 Å². The Kier molecular flexibility index (Phi) is 6.53. The van der Waals surface area contributed by atoms with Gasteiger partial charge in [-0.1, -0.05) is 31.2 Å². The first kappa shape index (κ1) is 20.9. The third kappa shape index (κ3) is 4.76. The molecule has 1 aromatic rings. The summed E-state index contributed by atoms with van der Waals surface area (Å²) >= 11 is 0. The molecule has 156 valence electrons. The highest BCUT2D eigenvalue weighted by Gasteiger charge is 2.34. The van der Waals surface area contributed by atoms with E-state index in [-0.39, 0.29) is 17.9 Å². The van der Waals surface area contributed by atoms with E-state index in [1.807, 2.05) is 24.3 Å². The molecular formula is C21H28N4O4. The highest BCUT2D eigenvalue weighted by molar-refractivity contribution is 5.95. The van der Waals surface area contributed by atoms with Gasteiger partial charge in [-0.15, -0.1) is 0 Å². The quantitative estimate of drug-likeness (QED) is 0.622. The van der Waals surface area contributed by atoms with Gasteiger partial charge < -0.3 is 21.1 Å². The number of carbonyl (C=O) groups is 3. The predicted molar refractivity (Wildman–Crippen MR) is 108 cm³/mol. The van der Waals surface area contributed by atoms with Crippen molar-refractivity contribution in [3.05, 3.63) is 46.7 Å². The summed E-state index contributed by atoms with van der Waals surface area (Å²) in [6.45, 7) is 3.81. The molecule has 0 aromatic heterocycles. The molecule has 1 unspecified atom stereocenters. The molecule has 1 aromatic carbocycles. The van der Waals surface area contributed by atoms with Gasteiger partial charge in [0.25, 0.3) is 0 Å². The number of benzene rings is 1. The van der Waals surface area contributed by atoms with Crippen LogP contribution in [0.25, 0.3) is 0 Å². The zero-order chi connectivity index (χ0) is 21.0. The maximum Gasteiger partial charge on any atom is 0.338 e. The second kappa shape index (κ2) is 9.09. The fourth-order valence-corrected chi connectivity index (χ4v) is 3.89. The van der Waals surface area contributed by atoms with Gasteiger partial charge in [0.1, 0.15) is 0 Å². The summed E-state index contributed by atoms with van der Waals surface area (Å²) in [6, 6.07) is 6.89. The maximum atomic E-state index is 12.6. The molecule has 2 heterocycles. The van der Waals surface area contributed by atoms with Crippen LogP contribution in [0.2, 0.25) is 0 Å². The van der Waals surface area contributed by atoms with Crippen molar-refractivity contribution < 1.29 is 19.1 Å². The van der Waals surface area contributed by atoms with E-state index in [4.69, 9.17) is 10.5 Å². The molecule has 0 aliphatic carbocycles. The first-order chi connectivity index (χ1) is 13.9. The number of methoxy groups -OCH3 is 1. The number of nitrogens with two attached hydrogens (primary N) is 1. The average Bonchev–Trinajstić information content (AvgIpc) is 2.73. The Morgan fingerprint density at radius 2 is 1.86 bits per heavy atom. The Balaban J connectivity index is 1.87. The molecule has 4 N–H and O–H groups in total. The molecule has 1 saturated heterocycles. The zero-order valence-corrected chi connectivity index (χ0v) is 16.9. The number of nitrogens with one attached hydrogen (secondary N) is 2. The van der Waals surface area contributed by atoms with Gasteiger partial charge in [0, 0.05) is 18.2 Å². The van der Waals surface area contributed by atoms with Crippen LogP contribution in [0.1, 0.15) is 36.9 Å². The van der Waals surface area contributed by atoms with E-state index in [0.29, 0.717) is 43.7 Å². The molecule has 0 saturated carbocycles. The Hall–Kier alpha value is -2.87. The summed E-state index contributed by atoms with van der Waals surface area (Å²) in [4.78, 5) is 38.5. The molecule has 1 atom stereocenters. The van der Waals surface area contributed by atoms with E-state index in [0.717, 1.165) is 12.0 Å². The second-order valence-corrected chi connectivity index (χ2v) is 7.46. The molecule has 2 aliphatic rings. The lowest BCUT2D eigenvalue weighted by Crippen LogP contribution is -2.49. The first-order valence-corrected chi connectivity index (χ1v) is 9.92. The molecule has 1 fully saturated rings. The monoisotopic (exact) mass is 400 g/mol. The highest BCUT2D eigenvalue weighted by Crippen LogP contribution is 2.29. The van der Waals surface area contributed by atoms with Gasteiger partial charge in [-0.05, 0) is 43.5 Å². The summed E-state index contributed by atoms with van der Waals surface area (Å²) in [6.07, 6.45) is 2.25. The topological polar surface area (TPSA) is 114 Å². The summed E-state index contributed by atoms with van der Waals surface area (Å²) in [5.74, 6) is -0.873. The number of urea groups is 1. The number of hydrogen-bond donors (Lipinski definition) is 3. The van der Waals surface area contributed by atoms with Gasteiger partial charge in [-0.2, -0.15) is 0 Å². The van der Waals surface area contributed by atoms with Gasteiger partial charge >= 0.3 is 12.0 Å². The lowest BCUT2D eigenvalue weighted by Gasteiger charge is -2.34. The van der Waals surface area contributed by atoms with Crippen molar-refractivity contribution in [2.75, 3.05) is 26.7 Å². The third-order valence-corrected chi connectivity index (χ3v) is 5.65. The Morgan fingerprint density at radius 3 is 2.41 bits per heavy atom. The third-order valence-electron chi connectivity index (χ3n) is 5.65. The smallest absolute Gasteiger partial charge is 0.338 e. The number of aryl methyl sites for hydroxylation is 1. The fourth-order valence-electron chi connectivity index (χ4n) is 3.89. The average molecular weight is 400 g/mol. The van der Waals surface area contributed by atoms with Gasteiger partial charge in [0.15, 0.2) is 0 Å². The fraction of sp³-hybridized carbons (Fsp3) is 0.476. The van der Waals surface area contributed by atoms with Crippen LogP contribution >= 0.6 is 0 Å². The number of amides is 3. The van der Waals surface area contributed by atoms with Crippen LogP contribution in [0.15, 0.2) is 35.5 Å². The van der Waals surface area contributed by atoms with E-state index in [2.05, 4.69) is 22.5 Å². The van der Waals surface area contributed by atoms with Crippen molar-refractivity contribution in [2.45, 2.75) is 32.2 Å². The minimum Gasteiger partial charge on any atom is -0.466 e. The number of hydrogen-bond acceptors (Lipinski definition) is 5. The summed E-state index contributed by atoms with van der Waals surface area (Å²) < 4.78 is 5.02. The lowest BCUT2D eigenvalue weighted by molar-refractivity contribution is -0.136. The van der Waals surface area contributed by atoms with Gasteiger partial charge in [-0.25, -0.2) is 9.59 Å². The minimum absolute atomic E-state index is 0.118. The molecule has 0 spiro atoms. The molecule has 2 aliphatic heterocycles. The number of esters is 1. The van der Waals surface area contributed by atoms with Crippen LogP contribution in [-0.4, -0.2) is 49.6 Å². The van der Waals surface area contributed by atoms with Crippen molar-refractivity contribution in [1.29, 1.82) is 0 Å². The van der Waals surface area contributed by atoms with Crippen LogP contribution in [0, 0.1) is 5.92 Å². The number of rotatable bonds is 6. The van der Waals surface area contributed by atoms with Gasteiger partial charge in [0.2, 0.25) is 5.91 Å². The summed E-state index contributed by atoms with van der Waals surface area (Å²) in [5.41, 5.74) is 8.33. The largest absolute Gasteiger partial charge is 0.466 e. The normalized spacial score (nSPS) is 20.8. The standard InChI is InChI=1S/C21H28N4O4/c1-3-13-4-6-14(7-5-13)18-17(20(27)29-2)16(23-21(28)24-18)12-25-10-8-15(9-11-25)19(22)26/h4-7,15,18H,3,8-12H2,1-2H3,(H2,22,26)(H2,23,24,28). The first-order valence-electron chi connectivity index (χ1n) is 9.92. The molecule has 0 radical (unpaired) electrons. The van der Waals surface area contributed by atoms with Crippen molar-refractivity contribution in [1.82, 2.24) is 15.5 Å². The van der Waals surface area contributed by atoms with Gasteiger partial charge in [0.05, 0.1) is 18.7 Å². The number of nitrogens with zero attached hydrogens (tertiary/aromatic N) is 1. The second-order valence-electron chi connectivity index (χ2n) is 7.46. The molecular weight excluding hydrogens is 372 g/mol. The number of piperidine rings is 1. The Bertz CT molecular complexity index is 810. The lowest BCUT2D eigenvalue weighted by atomic mass is 9.93. The van der Waals surface area contributed by atoms with E-state index in [9.17, 15) is 14.4 Å². The Labute approximate surface area is 170 Å². The molecule has 8 heteroatoms. The molecule has 29 heavy (non-hydrogen) atoms. The van der Waals surface area contributed by atoms with Crippen LogP contribution in [-0.2, 0) is 20.7 Å². The number of ether oxygens (including phenoxy) is 1. The molecule has 3 amide bonds. The molecule has 0 bridgehead atoms. The van der Waals surface area contributed by atoms with Crippen LogP contribution in [0.5, 0.6) is 0 Å². The number of likely N-dealkylation sites (tertiary alicyclic amines) is 1. The Morgan fingerprint density at radius 1 is 1.21 bits per heavy atom. The van der Waals surface area contributed by atoms with Crippen LogP contribution in [0.4, 0.5) is 4.79 Å². The SMILES string of the molecule is CCc1ccc(C2NC(=O)NC(CN3CCC(C(N)=O)CC3)=C2C(=O)OC)cc1. The van der Waals surface area contributed by atoms with Crippen molar-refractivity contribution >= 4 is 17.9 Å². The maximum absolute atomic E-state index is 12.6. The van der Waals surface area contributed by atoms with E-state index < -0.39 is 12.0 Å². The van der Waals surface area contributed by atoms with Crippen molar-refractivity contribution in [3.63, 3.8) is 0 Å². The van der Waals surface area contributed by atoms with E-state index in [1.165, 1.54) is 12.7 Å². The summed E-state index contributed by atoms with van der Waals surface area (Å²) in [5, 5.41) is 5.62. The number of carbonyl (C=O) groups excluding carboxylic acids is 3. The van der Waals surface area contributed by atoms with Crippen molar-refractivity contribution in [2.24, 2.45) is 11.7 Å². The molecule has 3 rings (SSSR count). The van der Waals surface area contributed by atoms with E-state index in [1.54, 1.807) is 0 Å². The van der Waals surface area contributed by atoms with Crippen LogP contribution in [0.3, 0.4) is 0 Å². The zero-order valence-electron chi connectivity index (χ0n) is 16.9.